The zero-order valence-electron chi connectivity index (χ0n) is 27.7. The average molecular weight is 677 g/mol. The molecule has 2 N–H and O–H groups in total. The number of sulfonamides is 1. The monoisotopic (exact) mass is 676 g/mol. The van der Waals surface area contributed by atoms with Gasteiger partial charge < -0.3 is 10.1 Å². The average Bonchev–Trinajstić information content (AvgIpc) is 3.54. The van der Waals surface area contributed by atoms with Gasteiger partial charge in [0.2, 0.25) is 10.0 Å². The van der Waals surface area contributed by atoms with Crippen LogP contribution in [0, 0.1) is 0 Å². The van der Waals surface area contributed by atoms with E-state index in [1.165, 1.54) is 37.0 Å². The predicted octanol–water partition coefficient (Wildman–Crippen LogP) is 6.94. The molecule has 2 heterocycles. The van der Waals surface area contributed by atoms with Crippen LogP contribution in [0.1, 0.15) is 79.9 Å². The van der Waals surface area contributed by atoms with Gasteiger partial charge in [0.15, 0.2) is 5.82 Å². The number of thiophene rings is 1. The molecule has 0 aliphatic rings. The van der Waals surface area contributed by atoms with Crippen molar-refractivity contribution in [2.24, 2.45) is 0 Å². The van der Waals surface area contributed by atoms with E-state index in [4.69, 9.17) is 4.74 Å². The first kappa shape index (κ1) is 35.8. The molecule has 2 aromatic heterocycles. The van der Waals surface area contributed by atoms with Gasteiger partial charge in [0, 0.05) is 34.8 Å². The van der Waals surface area contributed by atoms with E-state index in [0.717, 1.165) is 52.2 Å². The number of hydrogen-bond acceptors (Lipinski definition) is 8. The van der Waals surface area contributed by atoms with Crippen LogP contribution in [-0.2, 0) is 26.7 Å². The smallest absolute Gasteiger partial charge is 0.262 e. The third-order valence-electron chi connectivity index (χ3n) is 7.48. The molecule has 1 atom stereocenters. The summed E-state index contributed by atoms with van der Waals surface area (Å²) in [7, 11) is -3.82. The summed E-state index contributed by atoms with van der Waals surface area (Å²) in [6.07, 6.45) is 10.5. The van der Waals surface area contributed by atoms with Gasteiger partial charge in [-0.2, -0.15) is 0 Å². The van der Waals surface area contributed by atoms with Gasteiger partial charge in [0.25, 0.3) is 11.8 Å². The van der Waals surface area contributed by atoms with Crippen LogP contribution in [0.15, 0.2) is 73.1 Å². The van der Waals surface area contributed by atoms with E-state index in [-0.39, 0.29) is 11.8 Å². The molecule has 0 aliphatic carbocycles. The van der Waals surface area contributed by atoms with Gasteiger partial charge in [0.1, 0.15) is 11.8 Å². The van der Waals surface area contributed by atoms with Gasteiger partial charge in [-0.25, -0.2) is 18.4 Å². The Labute approximate surface area is 282 Å². The van der Waals surface area contributed by atoms with E-state index in [0.29, 0.717) is 10.7 Å². The lowest BCUT2D eigenvalue weighted by molar-refractivity contribution is -0.121. The van der Waals surface area contributed by atoms with Gasteiger partial charge in [-0.1, -0.05) is 89.8 Å². The minimum absolute atomic E-state index is 0.0865. The fourth-order valence-corrected chi connectivity index (χ4v) is 6.32. The summed E-state index contributed by atoms with van der Waals surface area (Å²) in [6.45, 7) is 9.09. The summed E-state index contributed by atoms with van der Waals surface area (Å²) < 4.78 is 31.5. The molecule has 0 aliphatic heterocycles. The highest BCUT2D eigenvalue weighted by molar-refractivity contribution is 7.89. The maximum Gasteiger partial charge on any atom is 0.262 e. The second-order valence-corrected chi connectivity index (χ2v) is 15.5. The van der Waals surface area contributed by atoms with Crippen molar-refractivity contribution in [3.63, 3.8) is 0 Å². The number of unbranched alkanes of at least 4 members (excludes halogenated alkanes) is 4. The van der Waals surface area contributed by atoms with Crippen LogP contribution in [0.4, 0.5) is 0 Å². The largest absolute Gasteiger partial charge is 0.494 e. The van der Waals surface area contributed by atoms with Crippen LogP contribution in [0.5, 0.6) is 5.75 Å². The van der Waals surface area contributed by atoms with Gasteiger partial charge >= 0.3 is 0 Å². The van der Waals surface area contributed by atoms with Crippen LogP contribution in [0.2, 0.25) is 0 Å². The summed E-state index contributed by atoms with van der Waals surface area (Å²) >= 11 is 1.34. The molecule has 0 saturated heterocycles. The van der Waals surface area contributed by atoms with Gasteiger partial charge in [-0.05, 0) is 47.2 Å². The molecule has 9 nitrogen and oxygen atoms in total. The Morgan fingerprint density at radius 3 is 2.09 bits per heavy atom. The summed E-state index contributed by atoms with van der Waals surface area (Å²) in [6, 6.07) is 17.7. The molecule has 2 aromatic carbocycles. The zero-order chi connectivity index (χ0) is 34.0. The summed E-state index contributed by atoms with van der Waals surface area (Å²) in [5, 5.41) is 2.72. The van der Waals surface area contributed by atoms with E-state index >= 15 is 0 Å². The van der Waals surface area contributed by atoms with Gasteiger partial charge in [-0.15, -0.1) is 11.3 Å². The van der Waals surface area contributed by atoms with Crippen LogP contribution in [0.25, 0.3) is 22.5 Å². The third-order valence-corrected chi connectivity index (χ3v) is 9.57. The van der Waals surface area contributed by atoms with Crippen molar-refractivity contribution in [3.8, 4) is 28.3 Å². The maximum atomic E-state index is 13.1. The quantitative estimate of drug-likeness (QED) is 0.131. The number of amides is 2. The maximum absolute atomic E-state index is 13.1. The molecule has 47 heavy (non-hydrogen) atoms. The first-order valence-corrected chi connectivity index (χ1v) is 18.6. The van der Waals surface area contributed by atoms with E-state index < -0.39 is 27.9 Å². The number of nitrogens with one attached hydrogen (secondary N) is 2. The summed E-state index contributed by atoms with van der Waals surface area (Å²) in [5.74, 6) is 0.136. The number of aromatic nitrogens is 2. The topological polar surface area (TPSA) is 127 Å². The van der Waals surface area contributed by atoms with Crippen molar-refractivity contribution in [1.82, 2.24) is 20.0 Å². The van der Waals surface area contributed by atoms with Crippen LogP contribution in [0.3, 0.4) is 0 Å². The molecular weight excluding hydrogens is 633 g/mol. The van der Waals surface area contributed by atoms with Crippen LogP contribution >= 0.6 is 11.3 Å². The highest BCUT2D eigenvalue weighted by Gasteiger charge is 2.26. The molecule has 0 fully saturated rings. The molecule has 0 radical (unpaired) electrons. The summed E-state index contributed by atoms with van der Waals surface area (Å²) in [4.78, 5) is 36.6. The van der Waals surface area contributed by atoms with Crippen molar-refractivity contribution in [2.45, 2.75) is 77.7 Å². The third kappa shape index (κ3) is 11.0. The SMILES string of the molecule is CCCCCCCOc1ccc(-c2cnc(-c3ccc(C[C@H](NC(=O)c4ccc(C(C)(C)C)s4)C(=O)NS(C)(=O)=O)cc3)nc2)cc1. The second kappa shape index (κ2) is 16.1. The minimum atomic E-state index is -3.82. The van der Waals surface area contributed by atoms with Crippen molar-refractivity contribution < 1.29 is 22.7 Å². The Morgan fingerprint density at radius 2 is 1.49 bits per heavy atom. The Balaban J connectivity index is 1.39. The number of carbonyl (C=O) groups is 2. The zero-order valence-corrected chi connectivity index (χ0v) is 29.3. The number of benzene rings is 2. The van der Waals surface area contributed by atoms with E-state index in [9.17, 15) is 18.0 Å². The van der Waals surface area contributed by atoms with Gasteiger partial charge in [-0.3, -0.25) is 14.3 Å². The summed E-state index contributed by atoms with van der Waals surface area (Å²) in [5.41, 5.74) is 3.24. The predicted molar refractivity (Wildman–Crippen MR) is 188 cm³/mol. The van der Waals surface area contributed by atoms with Crippen molar-refractivity contribution >= 4 is 33.2 Å². The van der Waals surface area contributed by atoms with Crippen molar-refractivity contribution in [1.29, 1.82) is 0 Å². The molecule has 250 valence electrons. The second-order valence-electron chi connectivity index (χ2n) is 12.7. The number of carbonyl (C=O) groups excluding carboxylic acids is 2. The lowest BCUT2D eigenvalue weighted by Crippen LogP contribution is -2.49. The highest BCUT2D eigenvalue weighted by atomic mass is 32.2. The fourth-order valence-electron chi connectivity index (χ4n) is 4.85. The van der Waals surface area contributed by atoms with Crippen LogP contribution in [-0.4, -0.2) is 49.1 Å². The first-order chi connectivity index (χ1) is 22.3. The first-order valence-electron chi connectivity index (χ1n) is 15.9. The van der Waals surface area contributed by atoms with E-state index in [1.807, 2.05) is 59.3 Å². The molecule has 2 amide bonds. The molecular formula is C36H44N4O5S2. The fraction of sp³-hybridized carbons (Fsp3) is 0.389. The normalized spacial score (nSPS) is 12.4. The standard InChI is InChI=1S/C36H44N4O5S2/c1-6-7-8-9-10-21-45-29-17-15-26(16-18-29)28-23-37-33(38-24-28)27-13-11-25(12-14-27)22-30(34(41)40-47(5,43)44)39-35(42)31-19-20-32(46-31)36(2,3)4/h11-20,23-24,30H,6-10,21-22H2,1-5H3,(H,39,42)(H,40,41)/t30-/m0/s1. The van der Waals surface area contributed by atoms with Gasteiger partial charge in [0.05, 0.1) is 17.7 Å². The molecule has 0 spiro atoms. The number of ether oxygens (including phenoxy) is 1. The highest BCUT2D eigenvalue weighted by Crippen LogP contribution is 2.29. The number of hydrogen-bond donors (Lipinski definition) is 2. The van der Waals surface area contributed by atoms with E-state index in [2.05, 4.69) is 43.0 Å². The van der Waals surface area contributed by atoms with E-state index in [1.54, 1.807) is 18.5 Å². The van der Waals surface area contributed by atoms with Crippen LogP contribution < -0.4 is 14.8 Å². The minimum Gasteiger partial charge on any atom is -0.494 e. The number of nitrogens with zero attached hydrogens (tertiary/aromatic N) is 2. The Bertz CT molecular complexity index is 1730. The Kier molecular flexibility index (Phi) is 12.3. The molecule has 0 unspecified atom stereocenters. The molecule has 4 aromatic rings. The van der Waals surface area contributed by atoms with Crippen molar-refractivity contribution in [3.05, 3.63) is 88.4 Å². The molecule has 11 heteroatoms. The lowest BCUT2D eigenvalue weighted by Gasteiger charge is -2.18. The lowest BCUT2D eigenvalue weighted by atomic mass is 9.95. The molecule has 4 rings (SSSR count). The molecule has 0 saturated carbocycles. The Morgan fingerprint density at radius 1 is 0.851 bits per heavy atom. The van der Waals surface area contributed by atoms with Crippen molar-refractivity contribution in [2.75, 3.05) is 12.9 Å². The molecule has 0 bridgehead atoms. The Hall–Kier alpha value is -4.09. The number of rotatable bonds is 15.